The Morgan fingerprint density at radius 1 is 1.36 bits per heavy atom. The summed E-state index contributed by atoms with van der Waals surface area (Å²) in [6, 6.07) is 6.91. The van der Waals surface area contributed by atoms with E-state index >= 15 is 0 Å². The van der Waals surface area contributed by atoms with Gasteiger partial charge in [-0.2, -0.15) is 4.31 Å². The molecular weight excluding hydrogens is 358 g/mol. The molecule has 3 heterocycles. The number of hydrogen-bond donors (Lipinski definition) is 1. The second kappa shape index (κ2) is 7.63. The summed E-state index contributed by atoms with van der Waals surface area (Å²) < 4.78 is 27.1. The molecule has 0 bridgehead atoms. The fraction of sp³-hybridized carbons (Fsp3) is 0.412. The Labute approximate surface area is 151 Å². The van der Waals surface area contributed by atoms with Gasteiger partial charge in [-0.15, -0.1) is 11.3 Å². The number of carbonyl (C=O) groups excluding carboxylic acids is 1. The van der Waals surface area contributed by atoms with Crippen molar-refractivity contribution in [1.29, 1.82) is 0 Å². The van der Waals surface area contributed by atoms with E-state index in [4.69, 9.17) is 0 Å². The largest absolute Gasteiger partial charge is 0.349 e. The van der Waals surface area contributed by atoms with E-state index in [1.54, 1.807) is 29.9 Å². The minimum atomic E-state index is -3.50. The van der Waals surface area contributed by atoms with Gasteiger partial charge in [-0.25, -0.2) is 8.42 Å². The lowest BCUT2D eigenvalue weighted by Crippen LogP contribution is -2.45. The maximum Gasteiger partial charge on any atom is 0.252 e. The zero-order valence-electron chi connectivity index (χ0n) is 14.0. The Morgan fingerprint density at radius 2 is 2.12 bits per heavy atom. The van der Waals surface area contributed by atoms with Crippen LogP contribution in [0, 0.1) is 5.92 Å². The van der Waals surface area contributed by atoms with Crippen molar-refractivity contribution >= 4 is 27.3 Å². The normalized spacial score (nSPS) is 20.1. The third-order valence-electron chi connectivity index (χ3n) is 4.41. The first-order valence-corrected chi connectivity index (χ1v) is 10.5. The van der Waals surface area contributed by atoms with Crippen LogP contribution in [0.1, 0.15) is 31.4 Å². The Kier molecular flexibility index (Phi) is 5.51. The minimum Gasteiger partial charge on any atom is -0.349 e. The summed E-state index contributed by atoms with van der Waals surface area (Å²) in [4.78, 5) is 16.6. The van der Waals surface area contributed by atoms with Crippen LogP contribution in [0.2, 0.25) is 0 Å². The van der Waals surface area contributed by atoms with Crippen LogP contribution in [-0.4, -0.2) is 36.7 Å². The molecule has 2 aromatic rings. The van der Waals surface area contributed by atoms with Crippen LogP contribution in [-0.2, 0) is 14.8 Å². The molecule has 2 unspecified atom stereocenters. The van der Waals surface area contributed by atoms with E-state index in [-0.39, 0.29) is 24.4 Å². The molecule has 1 fully saturated rings. The summed E-state index contributed by atoms with van der Waals surface area (Å²) >= 11 is 1.20. The highest BCUT2D eigenvalue weighted by Crippen LogP contribution is 2.26. The van der Waals surface area contributed by atoms with Gasteiger partial charge in [0.05, 0.1) is 12.0 Å². The van der Waals surface area contributed by atoms with Crippen molar-refractivity contribution in [3.05, 3.63) is 47.6 Å². The molecule has 1 aliphatic heterocycles. The SMILES string of the molecule is CC(NC(=O)C1CCCN(S(=O)(=O)c2cccs2)C1)c1ccncc1. The standard InChI is InChI=1S/C17H21N3O3S2/c1-13(14-6-8-18-9-7-14)19-17(21)15-4-2-10-20(12-15)25(22,23)16-5-3-11-24-16/h3,5-9,11,13,15H,2,4,10,12H2,1H3,(H,19,21). The smallest absolute Gasteiger partial charge is 0.252 e. The van der Waals surface area contributed by atoms with Gasteiger partial charge in [0.1, 0.15) is 4.21 Å². The zero-order valence-corrected chi connectivity index (χ0v) is 15.6. The number of pyridine rings is 1. The van der Waals surface area contributed by atoms with Crippen molar-refractivity contribution in [2.45, 2.75) is 30.0 Å². The minimum absolute atomic E-state index is 0.101. The summed E-state index contributed by atoms with van der Waals surface area (Å²) in [7, 11) is -3.50. The van der Waals surface area contributed by atoms with E-state index < -0.39 is 10.0 Å². The Morgan fingerprint density at radius 3 is 2.80 bits per heavy atom. The molecule has 1 aliphatic rings. The van der Waals surface area contributed by atoms with Gasteiger partial charge in [-0.05, 0) is 48.9 Å². The molecule has 6 nitrogen and oxygen atoms in total. The number of rotatable bonds is 5. The van der Waals surface area contributed by atoms with Crippen LogP contribution in [0.25, 0.3) is 0 Å². The van der Waals surface area contributed by atoms with Crippen LogP contribution in [0.5, 0.6) is 0 Å². The molecule has 3 rings (SSSR count). The van der Waals surface area contributed by atoms with Crippen molar-refractivity contribution in [3.63, 3.8) is 0 Å². The second-order valence-electron chi connectivity index (χ2n) is 6.15. The highest BCUT2D eigenvalue weighted by atomic mass is 32.2. The molecular formula is C17H21N3O3S2. The monoisotopic (exact) mass is 379 g/mol. The summed E-state index contributed by atoms with van der Waals surface area (Å²) in [5.74, 6) is -0.428. The number of nitrogens with zero attached hydrogens (tertiary/aromatic N) is 2. The summed E-state index contributed by atoms with van der Waals surface area (Å²) in [5.41, 5.74) is 0.974. The number of hydrogen-bond acceptors (Lipinski definition) is 5. The van der Waals surface area contributed by atoms with Gasteiger partial charge in [0.2, 0.25) is 5.91 Å². The van der Waals surface area contributed by atoms with Gasteiger partial charge >= 0.3 is 0 Å². The van der Waals surface area contributed by atoms with Crippen molar-refractivity contribution in [2.75, 3.05) is 13.1 Å². The average Bonchev–Trinajstić information content (AvgIpc) is 3.18. The van der Waals surface area contributed by atoms with Gasteiger partial charge in [-0.3, -0.25) is 9.78 Å². The molecule has 2 atom stereocenters. The highest BCUT2D eigenvalue weighted by molar-refractivity contribution is 7.91. The summed E-state index contributed by atoms with van der Waals surface area (Å²) in [5, 5.41) is 4.73. The fourth-order valence-corrected chi connectivity index (χ4v) is 5.65. The van der Waals surface area contributed by atoms with Crippen LogP contribution in [0.15, 0.2) is 46.2 Å². The number of carbonyl (C=O) groups is 1. The molecule has 134 valence electrons. The Balaban J connectivity index is 1.66. The van der Waals surface area contributed by atoms with E-state index in [1.807, 2.05) is 19.1 Å². The summed E-state index contributed by atoms with van der Waals surface area (Å²) in [6.45, 7) is 2.61. The molecule has 2 aromatic heterocycles. The fourth-order valence-electron chi connectivity index (χ4n) is 2.98. The van der Waals surface area contributed by atoms with E-state index in [0.29, 0.717) is 23.6 Å². The predicted molar refractivity (Wildman–Crippen MR) is 96.6 cm³/mol. The third-order valence-corrected chi connectivity index (χ3v) is 7.65. The maximum absolute atomic E-state index is 12.7. The number of aromatic nitrogens is 1. The molecule has 0 aliphatic carbocycles. The average molecular weight is 380 g/mol. The van der Waals surface area contributed by atoms with Crippen molar-refractivity contribution in [2.24, 2.45) is 5.92 Å². The van der Waals surface area contributed by atoms with E-state index in [1.165, 1.54) is 15.6 Å². The zero-order chi connectivity index (χ0) is 17.9. The van der Waals surface area contributed by atoms with Crippen molar-refractivity contribution < 1.29 is 13.2 Å². The van der Waals surface area contributed by atoms with Gasteiger partial charge in [0.25, 0.3) is 10.0 Å². The highest BCUT2D eigenvalue weighted by Gasteiger charge is 2.34. The van der Waals surface area contributed by atoms with Gasteiger partial charge < -0.3 is 5.32 Å². The van der Waals surface area contributed by atoms with Gasteiger partial charge in [-0.1, -0.05) is 6.07 Å². The van der Waals surface area contributed by atoms with E-state index in [2.05, 4.69) is 10.3 Å². The lowest BCUT2D eigenvalue weighted by atomic mass is 9.98. The van der Waals surface area contributed by atoms with Crippen LogP contribution in [0.4, 0.5) is 0 Å². The number of nitrogens with one attached hydrogen (secondary N) is 1. The maximum atomic E-state index is 12.7. The van der Waals surface area contributed by atoms with Crippen LogP contribution >= 0.6 is 11.3 Å². The summed E-state index contributed by atoms with van der Waals surface area (Å²) in [6.07, 6.45) is 4.76. The number of thiophene rings is 1. The van der Waals surface area contributed by atoms with Crippen molar-refractivity contribution in [1.82, 2.24) is 14.6 Å². The Hall–Kier alpha value is -1.77. The Bertz CT molecular complexity index is 807. The molecule has 1 saturated heterocycles. The van der Waals surface area contributed by atoms with E-state index in [0.717, 1.165) is 5.56 Å². The molecule has 0 aromatic carbocycles. The first-order valence-electron chi connectivity index (χ1n) is 8.22. The molecule has 1 amide bonds. The predicted octanol–water partition coefficient (Wildman–Crippen LogP) is 2.42. The first kappa shape index (κ1) is 18.0. The number of piperidine rings is 1. The third kappa shape index (κ3) is 4.08. The van der Waals surface area contributed by atoms with Gasteiger partial charge in [0, 0.05) is 25.5 Å². The molecule has 0 radical (unpaired) electrons. The quantitative estimate of drug-likeness (QED) is 0.865. The lowest BCUT2D eigenvalue weighted by molar-refractivity contribution is -0.126. The molecule has 0 saturated carbocycles. The molecule has 1 N–H and O–H groups in total. The number of sulfonamides is 1. The van der Waals surface area contributed by atoms with Crippen LogP contribution < -0.4 is 5.32 Å². The lowest BCUT2D eigenvalue weighted by Gasteiger charge is -2.31. The first-order chi connectivity index (χ1) is 12.0. The molecule has 8 heteroatoms. The van der Waals surface area contributed by atoms with Crippen LogP contribution in [0.3, 0.4) is 0 Å². The van der Waals surface area contributed by atoms with E-state index in [9.17, 15) is 13.2 Å². The van der Waals surface area contributed by atoms with Crippen molar-refractivity contribution in [3.8, 4) is 0 Å². The molecule has 0 spiro atoms. The second-order valence-corrected chi connectivity index (χ2v) is 9.26. The van der Waals surface area contributed by atoms with Gasteiger partial charge in [0.15, 0.2) is 0 Å². The number of amides is 1. The topological polar surface area (TPSA) is 79.4 Å². The molecule has 25 heavy (non-hydrogen) atoms.